The molecule has 0 aliphatic carbocycles. The molecule has 1 atom stereocenters. The van der Waals surface area contributed by atoms with Crippen LogP contribution in [0.25, 0.3) is 0 Å². The molecule has 1 unspecified atom stereocenters. The predicted molar refractivity (Wildman–Crippen MR) is 27.1 cm³/mol. The van der Waals surface area contributed by atoms with Crippen molar-refractivity contribution in [3.05, 3.63) is 0 Å². The lowest BCUT2D eigenvalue weighted by Crippen LogP contribution is -2.29. The lowest BCUT2D eigenvalue weighted by atomic mass is 10.3. The molecule has 0 amide bonds. The summed E-state index contributed by atoms with van der Waals surface area (Å²) >= 11 is 0. The summed E-state index contributed by atoms with van der Waals surface area (Å²) < 4.78 is 38.9. The van der Waals surface area contributed by atoms with Gasteiger partial charge in [-0.05, 0) is 6.42 Å². The van der Waals surface area contributed by atoms with Gasteiger partial charge in [0.25, 0.3) is 0 Å². The Morgan fingerprint density at radius 3 is 1.89 bits per heavy atom. The van der Waals surface area contributed by atoms with Crippen molar-refractivity contribution in [3.8, 4) is 0 Å². The van der Waals surface area contributed by atoms with Gasteiger partial charge in [-0.3, -0.25) is 0 Å². The van der Waals surface area contributed by atoms with Crippen LogP contribution in [0.2, 0.25) is 0 Å². The van der Waals surface area contributed by atoms with Gasteiger partial charge in [-0.1, -0.05) is 6.92 Å². The summed E-state index contributed by atoms with van der Waals surface area (Å²) in [6, 6.07) is 0. The van der Waals surface area contributed by atoms with E-state index in [1.54, 1.807) is 0 Å². The monoisotopic (exact) mass is 142 g/mol. The number of alkyl halides is 3. The third-order valence-electron chi connectivity index (χ3n) is 1.02. The van der Waals surface area contributed by atoms with Gasteiger partial charge in [0.1, 0.15) is 0 Å². The Balaban J connectivity index is 3.79. The van der Waals surface area contributed by atoms with Gasteiger partial charge in [-0.15, -0.1) is 0 Å². The summed E-state index contributed by atoms with van der Waals surface area (Å²) in [4.78, 5) is 0. The van der Waals surface area contributed by atoms with Crippen LogP contribution in [0.15, 0.2) is 0 Å². The number of ether oxygens (including phenoxy) is 1. The lowest BCUT2D eigenvalue weighted by molar-refractivity contribution is -0.213. The minimum atomic E-state index is -4.20. The highest BCUT2D eigenvalue weighted by Crippen LogP contribution is 2.23. The fraction of sp³-hybridized carbons (Fsp3) is 1.00. The standard InChI is InChI=1S/C5H9F3O/c1-3-4(9-2)5(6,7)8/h4H,3H2,1-2H3. The molecule has 0 aromatic heterocycles. The topological polar surface area (TPSA) is 9.23 Å². The number of hydrogen-bond donors (Lipinski definition) is 0. The maximum atomic E-state index is 11.6. The molecule has 4 heteroatoms. The Morgan fingerprint density at radius 2 is 1.89 bits per heavy atom. The molecule has 0 bridgehead atoms. The molecule has 56 valence electrons. The maximum absolute atomic E-state index is 11.6. The zero-order valence-corrected chi connectivity index (χ0v) is 5.33. The molecule has 0 saturated carbocycles. The molecular weight excluding hydrogens is 133 g/mol. The summed E-state index contributed by atoms with van der Waals surface area (Å²) in [5.74, 6) is 0. The molecule has 0 N–H and O–H groups in total. The van der Waals surface area contributed by atoms with Crippen LogP contribution in [0.4, 0.5) is 13.2 Å². The van der Waals surface area contributed by atoms with Gasteiger partial charge >= 0.3 is 6.18 Å². The van der Waals surface area contributed by atoms with Crippen molar-refractivity contribution in [3.63, 3.8) is 0 Å². The second kappa shape index (κ2) is 3.06. The Labute approximate surface area is 51.8 Å². The van der Waals surface area contributed by atoms with Gasteiger partial charge in [0.15, 0.2) is 6.10 Å². The van der Waals surface area contributed by atoms with Crippen LogP contribution in [-0.4, -0.2) is 19.4 Å². The van der Waals surface area contributed by atoms with Crippen LogP contribution in [0.3, 0.4) is 0 Å². The maximum Gasteiger partial charge on any atom is 0.414 e. The summed E-state index contributed by atoms with van der Waals surface area (Å²) in [5, 5.41) is 0. The molecule has 0 spiro atoms. The highest BCUT2D eigenvalue weighted by molar-refractivity contribution is 4.63. The molecule has 9 heavy (non-hydrogen) atoms. The fourth-order valence-corrected chi connectivity index (χ4v) is 0.532. The molecule has 0 aromatic rings. The molecular formula is C5H9F3O. The van der Waals surface area contributed by atoms with Crippen molar-refractivity contribution < 1.29 is 17.9 Å². The van der Waals surface area contributed by atoms with Crippen LogP contribution in [0.5, 0.6) is 0 Å². The molecule has 0 fully saturated rings. The van der Waals surface area contributed by atoms with Crippen molar-refractivity contribution in [2.45, 2.75) is 25.6 Å². The Morgan fingerprint density at radius 1 is 1.44 bits per heavy atom. The van der Waals surface area contributed by atoms with Gasteiger partial charge < -0.3 is 4.74 Å². The highest BCUT2D eigenvalue weighted by Gasteiger charge is 2.38. The number of hydrogen-bond acceptors (Lipinski definition) is 1. The molecule has 0 aliphatic heterocycles. The van der Waals surface area contributed by atoms with Crippen molar-refractivity contribution >= 4 is 0 Å². The van der Waals surface area contributed by atoms with Crippen LogP contribution in [0, 0.1) is 0 Å². The SMILES string of the molecule is CCC(OC)C(F)(F)F. The quantitative estimate of drug-likeness (QED) is 0.572. The first kappa shape index (κ1) is 8.75. The van der Waals surface area contributed by atoms with Crippen molar-refractivity contribution in [1.29, 1.82) is 0 Å². The molecule has 0 radical (unpaired) electrons. The fourth-order valence-electron chi connectivity index (χ4n) is 0.532. The van der Waals surface area contributed by atoms with Crippen LogP contribution < -0.4 is 0 Å². The van der Waals surface area contributed by atoms with E-state index in [0.29, 0.717) is 0 Å². The third kappa shape index (κ3) is 2.70. The van der Waals surface area contributed by atoms with E-state index in [9.17, 15) is 13.2 Å². The first-order chi connectivity index (χ1) is 4.02. The van der Waals surface area contributed by atoms with Crippen molar-refractivity contribution in [2.75, 3.05) is 7.11 Å². The summed E-state index contributed by atoms with van der Waals surface area (Å²) in [5.41, 5.74) is 0. The molecule has 1 nitrogen and oxygen atoms in total. The van der Waals surface area contributed by atoms with Gasteiger partial charge in [0.05, 0.1) is 0 Å². The van der Waals surface area contributed by atoms with Gasteiger partial charge in [0.2, 0.25) is 0 Å². The highest BCUT2D eigenvalue weighted by atomic mass is 19.4. The number of halogens is 3. The van der Waals surface area contributed by atoms with E-state index in [2.05, 4.69) is 4.74 Å². The van der Waals surface area contributed by atoms with Crippen molar-refractivity contribution in [1.82, 2.24) is 0 Å². The zero-order valence-electron chi connectivity index (χ0n) is 5.33. The van der Waals surface area contributed by atoms with Gasteiger partial charge in [-0.25, -0.2) is 0 Å². The summed E-state index contributed by atoms with van der Waals surface area (Å²) in [7, 11) is 1.06. The van der Waals surface area contributed by atoms with Gasteiger partial charge in [0, 0.05) is 7.11 Å². The molecule has 0 saturated heterocycles. The lowest BCUT2D eigenvalue weighted by Gasteiger charge is -2.15. The predicted octanol–water partition coefficient (Wildman–Crippen LogP) is 1.97. The van der Waals surface area contributed by atoms with E-state index in [4.69, 9.17) is 0 Å². The van der Waals surface area contributed by atoms with Crippen LogP contribution in [0.1, 0.15) is 13.3 Å². The van der Waals surface area contributed by atoms with E-state index in [1.165, 1.54) is 6.92 Å². The average Bonchev–Trinajstić information content (AvgIpc) is 1.65. The molecule has 0 heterocycles. The summed E-state index contributed by atoms with van der Waals surface area (Å²) in [6.07, 6.45) is -5.83. The first-order valence-corrected chi connectivity index (χ1v) is 2.61. The number of rotatable bonds is 2. The van der Waals surface area contributed by atoms with Gasteiger partial charge in [-0.2, -0.15) is 13.2 Å². The second-order valence-electron chi connectivity index (χ2n) is 1.67. The van der Waals surface area contributed by atoms with Crippen LogP contribution in [-0.2, 0) is 4.74 Å². The van der Waals surface area contributed by atoms with Crippen molar-refractivity contribution in [2.24, 2.45) is 0 Å². The van der Waals surface area contributed by atoms with Crippen LogP contribution >= 0.6 is 0 Å². The third-order valence-corrected chi connectivity index (χ3v) is 1.02. The van der Waals surface area contributed by atoms with E-state index < -0.39 is 12.3 Å². The first-order valence-electron chi connectivity index (χ1n) is 2.61. The Bertz CT molecular complexity index is 74.8. The number of methoxy groups -OCH3 is 1. The Kier molecular flexibility index (Phi) is 2.97. The van der Waals surface area contributed by atoms with E-state index in [0.717, 1.165) is 7.11 Å². The normalized spacial score (nSPS) is 15.7. The minimum Gasteiger partial charge on any atom is -0.372 e. The van der Waals surface area contributed by atoms with E-state index in [-0.39, 0.29) is 6.42 Å². The largest absolute Gasteiger partial charge is 0.414 e. The minimum absolute atomic E-state index is 0.0278. The smallest absolute Gasteiger partial charge is 0.372 e. The Hall–Kier alpha value is -0.250. The molecule has 0 aromatic carbocycles. The second-order valence-corrected chi connectivity index (χ2v) is 1.67. The van der Waals surface area contributed by atoms with E-state index in [1.807, 2.05) is 0 Å². The molecule has 0 aliphatic rings. The molecule has 0 rings (SSSR count). The summed E-state index contributed by atoms with van der Waals surface area (Å²) in [6.45, 7) is 1.43. The van der Waals surface area contributed by atoms with E-state index >= 15 is 0 Å². The zero-order chi connectivity index (χ0) is 7.49. The average molecular weight is 142 g/mol.